The number of nitrogens with one attached hydrogen (secondary N) is 2. The highest BCUT2D eigenvalue weighted by atomic mass is 35.5. The predicted octanol–water partition coefficient (Wildman–Crippen LogP) is 7.40. The van der Waals surface area contributed by atoms with Crippen LogP contribution < -0.4 is 10.2 Å². The molecule has 160 valence electrons. The maximum atomic E-state index is 14.3. The van der Waals surface area contributed by atoms with Crippen LogP contribution in [-0.2, 0) is 4.57 Å². The summed E-state index contributed by atoms with van der Waals surface area (Å²) in [4.78, 5) is 0. The quantitative estimate of drug-likeness (QED) is 0.197. The largest absolute Gasteiger partial charge is 0.330 e. The molecule has 0 saturated heterocycles. The molecule has 4 aromatic rings. The molecule has 0 bridgehead atoms. The molecule has 0 aliphatic rings. The molecule has 0 saturated carbocycles. The zero-order chi connectivity index (χ0) is 21.7. The lowest BCUT2D eigenvalue weighted by atomic mass is 10.1. The lowest BCUT2D eigenvalue weighted by Gasteiger charge is -2.32. The highest BCUT2D eigenvalue weighted by molar-refractivity contribution is 7.64. The number of hydrogen-bond acceptors (Lipinski definition) is 1. The van der Waals surface area contributed by atoms with E-state index in [9.17, 15) is 4.57 Å². The van der Waals surface area contributed by atoms with Gasteiger partial charge in [-0.25, -0.2) is 4.67 Å². The Morgan fingerprint density at radius 2 is 1.06 bits per heavy atom. The van der Waals surface area contributed by atoms with Crippen LogP contribution in [0, 0.1) is 0 Å². The van der Waals surface area contributed by atoms with Crippen molar-refractivity contribution in [2.24, 2.45) is 0 Å². The van der Waals surface area contributed by atoms with E-state index in [1.54, 1.807) is 4.67 Å². The van der Waals surface area contributed by atoms with Crippen LogP contribution in [-0.4, -0.2) is 29.5 Å². The average Bonchev–Trinajstić information content (AvgIpc) is 2.79. The third-order valence-corrected chi connectivity index (χ3v) is 7.80. The molecule has 31 heavy (non-hydrogen) atoms. The maximum Gasteiger partial charge on any atom is 0.330 e. The Morgan fingerprint density at radius 3 is 1.48 bits per heavy atom. The Morgan fingerprint density at radius 1 is 0.645 bits per heavy atom. The zero-order valence-corrected chi connectivity index (χ0v) is 19.4. The molecule has 0 amide bonds. The number of rotatable bonds is 9. The van der Waals surface area contributed by atoms with Crippen LogP contribution in [0.4, 0.5) is 11.4 Å². The number of halogens is 2. The van der Waals surface area contributed by atoms with E-state index < -0.39 is 7.59 Å². The molecule has 4 aromatic carbocycles. The van der Waals surface area contributed by atoms with Gasteiger partial charge in [0.2, 0.25) is 0 Å². The monoisotopic (exact) mass is 471 g/mol. The summed E-state index contributed by atoms with van der Waals surface area (Å²) in [7, 11) is -3.30. The fourth-order valence-corrected chi connectivity index (χ4v) is 6.35. The van der Waals surface area contributed by atoms with Gasteiger partial charge in [-0.05, 0) is 45.8 Å². The van der Waals surface area contributed by atoms with Crippen molar-refractivity contribution in [1.29, 1.82) is 0 Å². The van der Waals surface area contributed by atoms with Crippen molar-refractivity contribution in [2.75, 3.05) is 35.0 Å². The molecule has 0 atom stereocenters. The average molecular weight is 472 g/mol. The van der Waals surface area contributed by atoms with Crippen LogP contribution in [0.25, 0.3) is 21.5 Å². The molecule has 4 rings (SSSR count). The summed E-state index contributed by atoms with van der Waals surface area (Å²) in [5, 5.41) is 10.9. The van der Waals surface area contributed by atoms with Crippen LogP contribution in [0.3, 0.4) is 0 Å². The fraction of sp³-hybridized carbons (Fsp3) is 0.167. The molecule has 7 heteroatoms. The molecular formula is C24H24Cl2N3OP. The van der Waals surface area contributed by atoms with Crippen molar-refractivity contribution in [3.63, 3.8) is 0 Å². The number of fused-ring (bicyclic) bond motifs is 2. The van der Waals surface area contributed by atoms with Crippen molar-refractivity contribution in [3.05, 3.63) is 84.9 Å². The normalized spacial score (nSPS) is 11.8. The highest BCUT2D eigenvalue weighted by Gasteiger charge is 2.30. The molecule has 0 aromatic heterocycles. The minimum Gasteiger partial charge on any atom is -0.308 e. The first kappa shape index (κ1) is 22.0. The Kier molecular flexibility index (Phi) is 7.04. The molecular weight excluding hydrogens is 448 g/mol. The van der Waals surface area contributed by atoms with E-state index in [0.717, 1.165) is 32.9 Å². The van der Waals surface area contributed by atoms with Crippen molar-refractivity contribution in [2.45, 2.75) is 0 Å². The second-order valence-corrected chi connectivity index (χ2v) is 10.2. The van der Waals surface area contributed by atoms with Crippen molar-refractivity contribution < 1.29 is 4.57 Å². The van der Waals surface area contributed by atoms with E-state index >= 15 is 0 Å². The summed E-state index contributed by atoms with van der Waals surface area (Å²) in [6.07, 6.45) is 0. The van der Waals surface area contributed by atoms with Crippen molar-refractivity contribution >= 4 is 63.7 Å². The van der Waals surface area contributed by atoms with Gasteiger partial charge in [-0.3, -0.25) is 4.57 Å². The summed E-state index contributed by atoms with van der Waals surface area (Å²) in [6.45, 7) is 0.874. The van der Waals surface area contributed by atoms with Crippen LogP contribution in [0.5, 0.6) is 0 Å². The molecule has 0 fully saturated rings. The summed E-state index contributed by atoms with van der Waals surface area (Å²) in [6, 6.07) is 28.1. The standard InChI is InChI=1S/C24H24Cl2N3OP/c25-13-15-29(16-14-26)31(30,27-23-11-9-19-5-1-3-7-21(19)17-23)28-24-12-10-20-6-2-4-8-22(20)18-24/h1-12,17-18H,13-16H2,(H2,27,28,30). The first-order chi connectivity index (χ1) is 15.1. The molecule has 2 N–H and O–H groups in total. The van der Waals surface area contributed by atoms with Gasteiger partial charge in [-0.15, -0.1) is 23.2 Å². The van der Waals surface area contributed by atoms with E-state index in [4.69, 9.17) is 23.2 Å². The smallest absolute Gasteiger partial charge is 0.308 e. The lowest BCUT2D eigenvalue weighted by molar-refractivity contribution is 0.454. The summed E-state index contributed by atoms with van der Waals surface area (Å²) >= 11 is 12.1. The molecule has 0 aliphatic heterocycles. The molecule has 0 heterocycles. The van der Waals surface area contributed by atoms with E-state index in [-0.39, 0.29) is 0 Å². The van der Waals surface area contributed by atoms with Gasteiger partial charge in [0.05, 0.1) is 0 Å². The summed E-state index contributed by atoms with van der Waals surface area (Å²) in [5.41, 5.74) is 1.54. The molecule has 4 nitrogen and oxygen atoms in total. The van der Waals surface area contributed by atoms with Gasteiger partial charge in [0.1, 0.15) is 0 Å². The Hall–Kier alpha value is -2.23. The number of anilines is 2. The predicted molar refractivity (Wildman–Crippen MR) is 136 cm³/mol. The van der Waals surface area contributed by atoms with Gasteiger partial charge in [0.15, 0.2) is 0 Å². The van der Waals surface area contributed by atoms with Gasteiger partial charge in [-0.1, -0.05) is 60.7 Å². The van der Waals surface area contributed by atoms with E-state index in [0.29, 0.717) is 24.8 Å². The minimum absolute atomic E-state index is 0.347. The second kappa shape index (κ2) is 9.93. The van der Waals surface area contributed by atoms with Crippen LogP contribution in [0.2, 0.25) is 0 Å². The second-order valence-electron chi connectivity index (χ2n) is 7.26. The number of alkyl halides is 2. The molecule has 0 spiro atoms. The minimum atomic E-state index is -3.30. The van der Waals surface area contributed by atoms with Gasteiger partial charge in [-0.2, -0.15) is 0 Å². The zero-order valence-electron chi connectivity index (χ0n) is 17.0. The third-order valence-electron chi connectivity index (χ3n) is 5.14. The molecule has 0 aliphatic carbocycles. The van der Waals surface area contributed by atoms with E-state index in [2.05, 4.69) is 22.3 Å². The van der Waals surface area contributed by atoms with Gasteiger partial charge < -0.3 is 10.2 Å². The lowest BCUT2D eigenvalue weighted by Crippen LogP contribution is -2.31. The molecule has 0 unspecified atom stereocenters. The topological polar surface area (TPSA) is 44.4 Å². The first-order valence-electron chi connectivity index (χ1n) is 10.1. The highest BCUT2D eigenvalue weighted by Crippen LogP contribution is 2.49. The van der Waals surface area contributed by atoms with Gasteiger partial charge in [0.25, 0.3) is 0 Å². The fourth-order valence-electron chi connectivity index (χ4n) is 3.63. The summed E-state index contributed by atoms with van der Waals surface area (Å²) in [5.74, 6) is 0.694. The van der Waals surface area contributed by atoms with Crippen molar-refractivity contribution in [1.82, 2.24) is 4.67 Å². The van der Waals surface area contributed by atoms with E-state index in [1.807, 2.05) is 72.8 Å². The Bertz CT molecular complexity index is 1140. The van der Waals surface area contributed by atoms with E-state index in [1.165, 1.54) is 0 Å². The first-order valence-corrected chi connectivity index (χ1v) is 12.9. The third kappa shape index (κ3) is 5.16. The SMILES string of the molecule is O=P(Nc1ccc2ccccc2c1)(Nc1ccc2ccccc2c1)N(CCCl)CCCl. The van der Waals surface area contributed by atoms with Crippen LogP contribution >= 0.6 is 30.8 Å². The van der Waals surface area contributed by atoms with Gasteiger partial charge in [0, 0.05) is 36.2 Å². The van der Waals surface area contributed by atoms with Crippen molar-refractivity contribution in [3.8, 4) is 0 Å². The molecule has 0 radical (unpaired) electrons. The Balaban J connectivity index is 1.70. The number of hydrogen-bond donors (Lipinski definition) is 2. The number of nitrogens with zero attached hydrogens (tertiary/aromatic N) is 1. The van der Waals surface area contributed by atoms with Gasteiger partial charge >= 0.3 is 7.59 Å². The number of benzene rings is 4. The van der Waals surface area contributed by atoms with Crippen LogP contribution in [0.15, 0.2) is 84.9 Å². The van der Waals surface area contributed by atoms with Crippen LogP contribution in [0.1, 0.15) is 0 Å². The maximum absolute atomic E-state index is 14.3. The summed E-state index contributed by atoms with van der Waals surface area (Å²) < 4.78 is 16.1. The Labute approximate surface area is 192 Å².